The molecular weight excluding hydrogens is 540 g/mol. The predicted octanol–water partition coefficient (Wildman–Crippen LogP) is 5.01. The fraction of sp³-hybridized carbons (Fsp3) is 0.250. The highest BCUT2D eigenvalue weighted by Gasteiger charge is 2.18. The van der Waals surface area contributed by atoms with Gasteiger partial charge in [-0.15, -0.1) is 0 Å². The SMILES string of the molecule is COc1ccc(CCN(CCc2nc(-c3ccc([N+](=O)[O-])cc3)no2)C(=O)COc2ccc(Cl)cc2)cc1OC. The van der Waals surface area contributed by atoms with Crippen molar-refractivity contribution in [2.75, 3.05) is 33.9 Å². The molecule has 1 heterocycles. The Hall–Kier alpha value is -4.64. The van der Waals surface area contributed by atoms with E-state index in [4.69, 9.17) is 30.3 Å². The summed E-state index contributed by atoms with van der Waals surface area (Å²) in [5.41, 5.74) is 1.52. The summed E-state index contributed by atoms with van der Waals surface area (Å²) in [4.78, 5) is 29.7. The number of benzene rings is 3. The minimum absolute atomic E-state index is 0.0306. The standard InChI is InChI=1S/C28H27ClN4O7/c1-37-24-12-3-19(17-25(24)38-2)13-15-32(27(34)18-39-23-10-6-21(29)7-11-23)16-14-26-30-28(31-40-26)20-4-8-22(9-5-20)33(35)36/h3-12,17H,13-16,18H2,1-2H3. The highest BCUT2D eigenvalue weighted by molar-refractivity contribution is 6.30. The molecule has 40 heavy (non-hydrogen) atoms. The van der Waals surface area contributed by atoms with Gasteiger partial charge >= 0.3 is 0 Å². The summed E-state index contributed by atoms with van der Waals surface area (Å²) in [6.45, 7) is 0.547. The summed E-state index contributed by atoms with van der Waals surface area (Å²) < 4.78 is 21.8. The highest BCUT2D eigenvalue weighted by atomic mass is 35.5. The third-order valence-electron chi connectivity index (χ3n) is 6.05. The van der Waals surface area contributed by atoms with Gasteiger partial charge in [0.05, 0.1) is 19.1 Å². The molecule has 11 nitrogen and oxygen atoms in total. The number of nitro groups is 1. The van der Waals surface area contributed by atoms with E-state index in [0.717, 1.165) is 5.56 Å². The quantitative estimate of drug-likeness (QED) is 0.162. The second kappa shape index (κ2) is 13.4. The fourth-order valence-corrected chi connectivity index (χ4v) is 3.99. The molecule has 0 N–H and O–H groups in total. The van der Waals surface area contributed by atoms with E-state index in [1.165, 1.54) is 12.1 Å². The molecule has 0 aliphatic rings. The maximum Gasteiger partial charge on any atom is 0.269 e. The molecule has 0 radical (unpaired) electrons. The van der Waals surface area contributed by atoms with Crippen LogP contribution in [0.1, 0.15) is 11.5 Å². The molecule has 3 aromatic carbocycles. The third-order valence-corrected chi connectivity index (χ3v) is 6.30. The maximum atomic E-state index is 13.2. The van der Waals surface area contributed by atoms with Crippen LogP contribution in [0.5, 0.6) is 17.2 Å². The van der Waals surface area contributed by atoms with Crippen LogP contribution in [0.3, 0.4) is 0 Å². The first-order valence-electron chi connectivity index (χ1n) is 12.3. The van der Waals surface area contributed by atoms with E-state index in [-0.39, 0.29) is 18.2 Å². The molecule has 4 aromatic rings. The Morgan fingerprint density at radius 1 is 0.975 bits per heavy atom. The number of amides is 1. The van der Waals surface area contributed by atoms with E-state index < -0.39 is 4.92 Å². The van der Waals surface area contributed by atoms with Gasteiger partial charge in [-0.1, -0.05) is 22.8 Å². The van der Waals surface area contributed by atoms with Crippen LogP contribution < -0.4 is 14.2 Å². The van der Waals surface area contributed by atoms with E-state index in [0.29, 0.717) is 65.5 Å². The Balaban J connectivity index is 1.43. The van der Waals surface area contributed by atoms with E-state index in [1.807, 2.05) is 18.2 Å². The van der Waals surface area contributed by atoms with Crippen LogP contribution in [0.4, 0.5) is 5.69 Å². The van der Waals surface area contributed by atoms with Crippen LogP contribution in [-0.4, -0.2) is 59.8 Å². The molecular formula is C28H27ClN4O7. The first-order valence-corrected chi connectivity index (χ1v) is 12.7. The van der Waals surface area contributed by atoms with E-state index in [1.54, 1.807) is 55.5 Å². The first-order chi connectivity index (χ1) is 19.4. The molecule has 0 fully saturated rings. The molecule has 208 valence electrons. The zero-order chi connectivity index (χ0) is 28.5. The average Bonchev–Trinajstić information content (AvgIpc) is 3.45. The summed E-state index contributed by atoms with van der Waals surface area (Å²) in [5.74, 6) is 2.17. The molecule has 0 aliphatic heterocycles. The Labute approximate surface area is 235 Å². The smallest absolute Gasteiger partial charge is 0.269 e. The van der Waals surface area contributed by atoms with Crippen LogP contribution in [-0.2, 0) is 17.6 Å². The van der Waals surface area contributed by atoms with Crippen molar-refractivity contribution in [2.45, 2.75) is 12.8 Å². The first kappa shape index (κ1) is 28.4. The van der Waals surface area contributed by atoms with E-state index in [2.05, 4.69) is 10.1 Å². The Kier molecular flexibility index (Phi) is 9.53. The molecule has 12 heteroatoms. The van der Waals surface area contributed by atoms with Crippen molar-refractivity contribution < 1.29 is 28.5 Å². The second-order valence-electron chi connectivity index (χ2n) is 8.63. The molecule has 1 aromatic heterocycles. The zero-order valence-electron chi connectivity index (χ0n) is 21.9. The van der Waals surface area contributed by atoms with Gasteiger partial charge in [0.15, 0.2) is 18.1 Å². The second-order valence-corrected chi connectivity index (χ2v) is 9.06. The topological polar surface area (TPSA) is 130 Å². The van der Waals surface area contributed by atoms with Crippen molar-refractivity contribution in [3.05, 3.63) is 93.3 Å². The molecule has 0 saturated carbocycles. The number of aromatic nitrogens is 2. The summed E-state index contributed by atoms with van der Waals surface area (Å²) in [7, 11) is 3.14. The highest BCUT2D eigenvalue weighted by Crippen LogP contribution is 2.28. The van der Waals surface area contributed by atoms with Crippen LogP contribution in [0.15, 0.2) is 71.3 Å². The molecule has 4 rings (SSSR count). The lowest BCUT2D eigenvalue weighted by Gasteiger charge is -2.22. The maximum absolute atomic E-state index is 13.2. The monoisotopic (exact) mass is 566 g/mol. The van der Waals surface area contributed by atoms with Gasteiger partial charge in [0.1, 0.15) is 5.75 Å². The van der Waals surface area contributed by atoms with Crippen molar-refractivity contribution in [3.8, 4) is 28.6 Å². The summed E-state index contributed by atoms with van der Waals surface area (Å²) >= 11 is 5.93. The van der Waals surface area contributed by atoms with Gasteiger partial charge in [0, 0.05) is 42.2 Å². The average molecular weight is 567 g/mol. The van der Waals surface area contributed by atoms with Crippen molar-refractivity contribution >= 4 is 23.2 Å². The van der Waals surface area contributed by atoms with Gasteiger partial charge in [-0.25, -0.2) is 0 Å². The lowest BCUT2D eigenvalue weighted by Crippen LogP contribution is -2.38. The largest absolute Gasteiger partial charge is 0.493 e. The number of non-ortho nitro benzene ring substituents is 1. The molecule has 0 aliphatic carbocycles. The normalized spacial score (nSPS) is 10.7. The Morgan fingerprint density at radius 2 is 1.68 bits per heavy atom. The molecule has 0 saturated heterocycles. The number of nitrogens with zero attached hydrogens (tertiary/aromatic N) is 4. The van der Waals surface area contributed by atoms with Gasteiger partial charge in [0.2, 0.25) is 11.7 Å². The summed E-state index contributed by atoms with van der Waals surface area (Å²) in [6.07, 6.45) is 0.865. The number of ether oxygens (including phenoxy) is 3. The molecule has 0 atom stereocenters. The van der Waals surface area contributed by atoms with Gasteiger partial charge in [-0.05, 0) is 60.5 Å². The number of hydrogen-bond donors (Lipinski definition) is 0. The number of rotatable bonds is 13. The third kappa shape index (κ3) is 7.48. The van der Waals surface area contributed by atoms with Gasteiger partial charge < -0.3 is 23.6 Å². The number of hydrogen-bond acceptors (Lipinski definition) is 9. The molecule has 0 spiro atoms. The van der Waals surface area contributed by atoms with Crippen molar-refractivity contribution in [1.82, 2.24) is 15.0 Å². The van der Waals surface area contributed by atoms with Gasteiger partial charge in [-0.3, -0.25) is 14.9 Å². The number of nitro benzene ring substituents is 1. The molecule has 0 unspecified atom stereocenters. The van der Waals surface area contributed by atoms with E-state index in [9.17, 15) is 14.9 Å². The fourth-order valence-electron chi connectivity index (χ4n) is 3.87. The van der Waals surface area contributed by atoms with Crippen LogP contribution in [0.2, 0.25) is 5.02 Å². The van der Waals surface area contributed by atoms with Crippen molar-refractivity contribution in [2.24, 2.45) is 0 Å². The zero-order valence-corrected chi connectivity index (χ0v) is 22.7. The number of halogens is 1. The number of methoxy groups -OCH3 is 2. The summed E-state index contributed by atoms with van der Waals surface area (Å²) in [5, 5.41) is 15.4. The minimum atomic E-state index is -0.476. The number of carbonyl (C=O) groups is 1. The lowest BCUT2D eigenvalue weighted by molar-refractivity contribution is -0.384. The number of carbonyl (C=O) groups excluding carboxylic acids is 1. The van der Waals surface area contributed by atoms with Gasteiger partial charge in [0.25, 0.3) is 11.6 Å². The predicted molar refractivity (Wildman–Crippen MR) is 147 cm³/mol. The summed E-state index contributed by atoms with van der Waals surface area (Å²) in [6, 6.07) is 18.2. The van der Waals surface area contributed by atoms with Crippen LogP contribution in [0, 0.1) is 10.1 Å². The molecule has 0 bridgehead atoms. The van der Waals surface area contributed by atoms with Gasteiger partial charge in [-0.2, -0.15) is 4.98 Å². The molecule has 1 amide bonds. The van der Waals surface area contributed by atoms with Crippen LogP contribution >= 0.6 is 11.6 Å². The van der Waals surface area contributed by atoms with Crippen LogP contribution in [0.25, 0.3) is 11.4 Å². The van der Waals surface area contributed by atoms with Crippen molar-refractivity contribution in [3.63, 3.8) is 0 Å². The minimum Gasteiger partial charge on any atom is -0.493 e. The lowest BCUT2D eigenvalue weighted by atomic mass is 10.1. The van der Waals surface area contributed by atoms with Crippen molar-refractivity contribution in [1.29, 1.82) is 0 Å². The Morgan fingerprint density at radius 3 is 2.35 bits per heavy atom. The Bertz CT molecular complexity index is 1440. The van der Waals surface area contributed by atoms with E-state index >= 15 is 0 Å².